The van der Waals surface area contributed by atoms with Crippen molar-refractivity contribution in [1.29, 1.82) is 0 Å². The average molecular weight is 251 g/mol. The molecule has 0 bridgehead atoms. The van der Waals surface area contributed by atoms with Crippen LogP contribution in [0.2, 0.25) is 0 Å². The van der Waals surface area contributed by atoms with E-state index in [1.54, 1.807) is 4.90 Å². The minimum Gasteiger partial charge on any atom is -0.475 e. The number of aromatic carboxylic acids is 1. The van der Waals surface area contributed by atoms with E-state index < -0.39 is 5.97 Å². The first kappa shape index (κ1) is 12.7. The van der Waals surface area contributed by atoms with Gasteiger partial charge < -0.3 is 14.4 Å². The first-order chi connectivity index (χ1) is 8.63. The molecule has 1 heterocycles. The van der Waals surface area contributed by atoms with E-state index in [0.717, 1.165) is 25.7 Å². The number of carbonyl (C=O) groups excluding carboxylic acids is 1. The topological polar surface area (TPSA) is 70.8 Å². The summed E-state index contributed by atoms with van der Waals surface area (Å²) in [6.45, 7) is 2.79. The van der Waals surface area contributed by atoms with E-state index >= 15 is 0 Å². The molecular formula is C13H17NO4. The Hall–Kier alpha value is -1.78. The lowest BCUT2D eigenvalue weighted by Gasteiger charge is -2.20. The molecular weight excluding hydrogens is 234 g/mol. The summed E-state index contributed by atoms with van der Waals surface area (Å²) in [5.74, 6) is -1.42. The van der Waals surface area contributed by atoms with E-state index in [1.807, 2.05) is 0 Å². The molecule has 0 aromatic carbocycles. The zero-order chi connectivity index (χ0) is 13.1. The summed E-state index contributed by atoms with van der Waals surface area (Å²) >= 11 is 0. The molecule has 1 amide bonds. The lowest BCUT2D eigenvalue weighted by atomic mass is 10.3. The molecule has 1 N–H and O–H groups in total. The summed E-state index contributed by atoms with van der Waals surface area (Å²) in [6, 6.07) is 3.07. The van der Waals surface area contributed by atoms with Gasteiger partial charge in [0.05, 0.1) is 0 Å². The molecule has 1 aliphatic rings. The van der Waals surface area contributed by atoms with Gasteiger partial charge in [-0.2, -0.15) is 0 Å². The highest BCUT2D eigenvalue weighted by molar-refractivity contribution is 5.93. The minimum absolute atomic E-state index is 0.121. The van der Waals surface area contributed by atoms with Crippen molar-refractivity contribution in [1.82, 2.24) is 4.90 Å². The van der Waals surface area contributed by atoms with E-state index in [-0.39, 0.29) is 17.4 Å². The zero-order valence-corrected chi connectivity index (χ0v) is 10.4. The SMILES string of the molecule is CCCCN(C(=O)c1ccc(C(=O)O)o1)C1CC1. The highest BCUT2D eigenvalue weighted by Gasteiger charge is 2.33. The number of carboxylic acids is 1. The molecule has 1 aliphatic carbocycles. The van der Waals surface area contributed by atoms with Crippen molar-refractivity contribution in [3.8, 4) is 0 Å². The van der Waals surface area contributed by atoms with E-state index in [1.165, 1.54) is 12.1 Å². The van der Waals surface area contributed by atoms with Gasteiger partial charge in [-0.1, -0.05) is 13.3 Å². The van der Waals surface area contributed by atoms with E-state index in [4.69, 9.17) is 9.52 Å². The number of rotatable bonds is 6. The second-order valence-electron chi connectivity index (χ2n) is 4.55. The molecule has 2 rings (SSSR count). The third-order valence-corrected chi connectivity index (χ3v) is 3.03. The number of unbranched alkanes of at least 4 members (excludes halogenated alkanes) is 1. The summed E-state index contributed by atoms with van der Waals surface area (Å²) in [7, 11) is 0. The maximum Gasteiger partial charge on any atom is 0.371 e. The second kappa shape index (κ2) is 5.25. The van der Waals surface area contributed by atoms with Gasteiger partial charge in [-0.15, -0.1) is 0 Å². The molecule has 0 spiro atoms. The molecule has 18 heavy (non-hydrogen) atoms. The van der Waals surface area contributed by atoms with Crippen molar-refractivity contribution >= 4 is 11.9 Å². The Bertz CT molecular complexity index is 448. The largest absolute Gasteiger partial charge is 0.475 e. The van der Waals surface area contributed by atoms with Gasteiger partial charge in [0.15, 0.2) is 5.76 Å². The molecule has 0 atom stereocenters. The first-order valence-corrected chi connectivity index (χ1v) is 6.27. The fourth-order valence-electron chi connectivity index (χ4n) is 1.87. The van der Waals surface area contributed by atoms with Crippen LogP contribution >= 0.6 is 0 Å². The lowest BCUT2D eigenvalue weighted by Crippen LogP contribution is -2.33. The first-order valence-electron chi connectivity index (χ1n) is 6.27. The number of amides is 1. The van der Waals surface area contributed by atoms with E-state index in [0.29, 0.717) is 12.6 Å². The van der Waals surface area contributed by atoms with Crippen LogP contribution in [0.1, 0.15) is 53.7 Å². The Morgan fingerprint density at radius 3 is 2.56 bits per heavy atom. The predicted molar refractivity (Wildman–Crippen MR) is 64.6 cm³/mol. The van der Waals surface area contributed by atoms with Crippen molar-refractivity contribution in [2.45, 2.75) is 38.6 Å². The molecule has 0 saturated heterocycles. The lowest BCUT2D eigenvalue weighted by molar-refractivity contribution is 0.0647. The normalized spacial score (nSPS) is 14.5. The minimum atomic E-state index is -1.15. The van der Waals surface area contributed by atoms with Gasteiger partial charge in [0.25, 0.3) is 5.91 Å². The van der Waals surface area contributed by atoms with Gasteiger partial charge in [0.2, 0.25) is 5.76 Å². The van der Waals surface area contributed by atoms with Crippen LogP contribution in [0.25, 0.3) is 0 Å². The third kappa shape index (κ3) is 2.72. The van der Waals surface area contributed by atoms with E-state index in [2.05, 4.69) is 6.92 Å². The molecule has 1 aromatic heterocycles. The molecule has 5 nitrogen and oxygen atoms in total. The molecule has 1 fully saturated rings. The van der Waals surface area contributed by atoms with Crippen molar-refractivity contribution < 1.29 is 19.1 Å². The summed E-state index contributed by atoms with van der Waals surface area (Å²) < 4.78 is 5.05. The maximum absolute atomic E-state index is 12.2. The molecule has 0 unspecified atom stereocenters. The van der Waals surface area contributed by atoms with Crippen LogP contribution in [0.15, 0.2) is 16.5 Å². The van der Waals surface area contributed by atoms with Crippen LogP contribution in [0, 0.1) is 0 Å². The molecule has 98 valence electrons. The summed E-state index contributed by atoms with van der Waals surface area (Å²) in [5.41, 5.74) is 0. The van der Waals surface area contributed by atoms with E-state index in [9.17, 15) is 9.59 Å². The molecule has 0 radical (unpaired) electrons. The van der Waals surface area contributed by atoms with Crippen molar-refractivity contribution in [3.05, 3.63) is 23.7 Å². The Morgan fingerprint density at radius 1 is 1.39 bits per heavy atom. The monoisotopic (exact) mass is 251 g/mol. The highest BCUT2D eigenvalue weighted by atomic mass is 16.4. The van der Waals surface area contributed by atoms with Gasteiger partial charge >= 0.3 is 5.97 Å². The van der Waals surface area contributed by atoms with Gasteiger partial charge in [-0.25, -0.2) is 4.79 Å². The standard InChI is InChI=1S/C13H17NO4/c1-2-3-8-14(9-4-5-9)12(15)10-6-7-11(18-10)13(16)17/h6-7,9H,2-5,8H2,1H3,(H,16,17). The highest BCUT2D eigenvalue weighted by Crippen LogP contribution is 2.28. The Morgan fingerprint density at radius 2 is 2.06 bits per heavy atom. The van der Waals surface area contributed by atoms with Crippen LogP contribution in [0.5, 0.6) is 0 Å². The van der Waals surface area contributed by atoms with Crippen LogP contribution in [-0.2, 0) is 0 Å². The third-order valence-electron chi connectivity index (χ3n) is 3.03. The van der Waals surface area contributed by atoms with Crippen LogP contribution in [0.3, 0.4) is 0 Å². The van der Waals surface area contributed by atoms with Gasteiger partial charge in [-0.3, -0.25) is 4.79 Å². The van der Waals surface area contributed by atoms with Gasteiger partial charge in [-0.05, 0) is 31.4 Å². The number of nitrogens with zero attached hydrogens (tertiary/aromatic N) is 1. The van der Waals surface area contributed by atoms with Crippen molar-refractivity contribution in [2.24, 2.45) is 0 Å². The zero-order valence-electron chi connectivity index (χ0n) is 10.4. The van der Waals surface area contributed by atoms with Gasteiger partial charge in [0, 0.05) is 12.6 Å². The molecule has 5 heteroatoms. The Labute approximate surface area is 105 Å². The average Bonchev–Trinajstić information content (AvgIpc) is 3.05. The van der Waals surface area contributed by atoms with Crippen molar-refractivity contribution in [3.63, 3.8) is 0 Å². The molecule has 1 aromatic rings. The Balaban J connectivity index is 2.09. The van der Waals surface area contributed by atoms with Gasteiger partial charge in [0.1, 0.15) is 0 Å². The number of hydrogen-bond donors (Lipinski definition) is 1. The second-order valence-corrected chi connectivity index (χ2v) is 4.55. The summed E-state index contributed by atoms with van der Waals surface area (Å²) in [6.07, 6.45) is 4.04. The number of carbonyl (C=O) groups is 2. The maximum atomic E-state index is 12.2. The Kier molecular flexibility index (Phi) is 3.69. The number of carboxylic acid groups (broad SMARTS) is 1. The summed E-state index contributed by atoms with van der Waals surface area (Å²) in [5, 5.41) is 8.76. The van der Waals surface area contributed by atoms with Crippen LogP contribution < -0.4 is 0 Å². The fourth-order valence-corrected chi connectivity index (χ4v) is 1.87. The van der Waals surface area contributed by atoms with Crippen molar-refractivity contribution in [2.75, 3.05) is 6.54 Å². The number of hydrogen-bond acceptors (Lipinski definition) is 3. The van der Waals surface area contributed by atoms with Crippen LogP contribution in [0.4, 0.5) is 0 Å². The predicted octanol–water partition coefficient (Wildman–Crippen LogP) is 2.38. The summed E-state index contributed by atoms with van der Waals surface area (Å²) in [4.78, 5) is 24.7. The molecule has 1 saturated carbocycles. The smallest absolute Gasteiger partial charge is 0.371 e. The van der Waals surface area contributed by atoms with Crippen LogP contribution in [-0.4, -0.2) is 34.5 Å². The number of furan rings is 1. The molecule has 0 aliphatic heterocycles. The fraction of sp³-hybridized carbons (Fsp3) is 0.538. The quantitative estimate of drug-likeness (QED) is 0.842.